The van der Waals surface area contributed by atoms with Gasteiger partial charge in [-0.2, -0.15) is 0 Å². The molecule has 0 atom stereocenters. The number of anilines is 2. The molecule has 0 spiro atoms. The number of halogens is 1. The Bertz CT molecular complexity index is 938. The van der Waals surface area contributed by atoms with E-state index in [4.69, 9.17) is 11.6 Å². The third kappa shape index (κ3) is 5.33. The number of hydrogen-bond acceptors (Lipinski definition) is 6. The average Bonchev–Trinajstić information content (AvgIpc) is 2.70. The van der Waals surface area contributed by atoms with E-state index in [1.807, 2.05) is 25.8 Å². The Morgan fingerprint density at radius 2 is 1.86 bits per heavy atom. The second-order valence-corrected chi connectivity index (χ2v) is 6.64. The van der Waals surface area contributed by atoms with Crippen LogP contribution in [0.25, 0.3) is 0 Å². The fraction of sp³-hybridized carbons (Fsp3) is 0.368. The van der Waals surface area contributed by atoms with E-state index in [1.165, 1.54) is 18.3 Å². The smallest absolute Gasteiger partial charge is 0.294 e. The van der Waals surface area contributed by atoms with E-state index in [0.717, 1.165) is 13.1 Å². The number of pyridine rings is 1. The molecule has 1 fully saturated rings. The summed E-state index contributed by atoms with van der Waals surface area (Å²) in [4.78, 5) is 41.7. The first-order chi connectivity index (χ1) is 13.9. The molecule has 1 aliphatic rings. The highest BCUT2D eigenvalue weighted by atomic mass is 35.5. The van der Waals surface area contributed by atoms with Crippen molar-refractivity contribution in [1.82, 2.24) is 9.88 Å². The van der Waals surface area contributed by atoms with Gasteiger partial charge in [-0.1, -0.05) is 25.4 Å². The number of hydrogen-bond donors (Lipinski definition) is 2. The zero-order chi connectivity index (χ0) is 21.6. The molecule has 1 saturated heterocycles. The molecular weight excluding hydrogens is 398 g/mol. The maximum atomic E-state index is 12.4. The lowest BCUT2D eigenvalue weighted by atomic mass is 10.2. The molecule has 0 radical (unpaired) electrons. The Morgan fingerprint density at radius 3 is 2.45 bits per heavy atom. The van der Waals surface area contributed by atoms with Crippen molar-refractivity contribution in [2.24, 2.45) is 0 Å². The fourth-order valence-electron chi connectivity index (χ4n) is 2.92. The van der Waals surface area contributed by atoms with Crippen LogP contribution in [0.4, 0.5) is 17.1 Å². The number of likely N-dealkylation sites (N-methyl/N-ethyl adjacent to an activating group) is 1. The van der Waals surface area contributed by atoms with E-state index < -0.39 is 16.4 Å². The summed E-state index contributed by atoms with van der Waals surface area (Å²) in [5, 5.41) is 14.0. The summed E-state index contributed by atoms with van der Waals surface area (Å²) in [6.45, 7) is 6.98. The largest absolute Gasteiger partial charge is 0.363 e. The van der Waals surface area contributed by atoms with Crippen LogP contribution >= 0.6 is 11.6 Å². The van der Waals surface area contributed by atoms with Crippen LogP contribution in [0.1, 0.15) is 24.2 Å². The molecule has 2 aromatic rings. The Morgan fingerprint density at radius 1 is 1.21 bits per heavy atom. The number of nitrogens with zero attached hydrogens (tertiary/aromatic N) is 3. The summed E-state index contributed by atoms with van der Waals surface area (Å²) in [6.07, 6.45) is 1.33. The van der Waals surface area contributed by atoms with Crippen molar-refractivity contribution in [3.8, 4) is 0 Å². The number of nitro groups is 1. The minimum Gasteiger partial charge on any atom is -0.363 e. The molecule has 0 bridgehead atoms. The molecular formula is C19H24ClN5O4. The summed E-state index contributed by atoms with van der Waals surface area (Å²) >= 11 is 5.91. The molecule has 0 saturated carbocycles. The predicted molar refractivity (Wildman–Crippen MR) is 114 cm³/mol. The number of aromatic nitrogens is 1. The minimum absolute atomic E-state index is 0.000179. The molecule has 2 N–H and O–H groups in total. The molecule has 1 aromatic heterocycles. The van der Waals surface area contributed by atoms with E-state index in [9.17, 15) is 19.7 Å². The molecule has 0 unspecified atom stereocenters. The summed E-state index contributed by atoms with van der Waals surface area (Å²) in [6, 6.07) is 5.85. The number of benzene rings is 1. The van der Waals surface area contributed by atoms with Crippen LogP contribution in [0, 0.1) is 10.1 Å². The maximum Gasteiger partial charge on any atom is 0.294 e. The SMILES string of the molecule is CC.CN1CCN(c2ccc(NC(=O)c3c(Cl)cc[nH]c3=O)cc2[N+](=O)[O-])CC1. The second kappa shape index (κ2) is 10.0. The zero-order valence-corrected chi connectivity index (χ0v) is 17.3. The lowest BCUT2D eigenvalue weighted by Gasteiger charge is -2.33. The zero-order valence-electron chi connectivity index (χ0n) is 16.6. The standard InChI is InChI=1S/C17H18ClN5O4.C2H6/c1-21-6-8-22(9-7-21)13-3-2-11(10-14(13)23(26)27)20-17(25)15-12(18)4-5-19-16(15)24;1-2/h2-5,10H,6-9H2,1H3,(H,19,24)(H,20,25);1-2H3. The van der Waals surface area contributed by atoms with E-state index in [2.05, 4.69) is 15.2 Å². The van der Waals surface area contributed by atoms with Gasteiger partial charge in [0.2, 0.25) is 0 Å². The maximum absolute atomic E-state index is 12.4. The molecule has 3 rings (SSSR count). The Labute approximate surface area is 173 Å². The van der Waals surface area contributed by atoms with Crippen molar-refractivity contribution >= 4 is 34.6 Å². The van der Waals surface area contributed by atoms with Gasteiger partial charge in [0.05, 0.1) is 9.95 Å². The van der Waals surface area contributed by atoms with Gasteiger partial charge in [-0.05, 0) is 25.2 Å². The van der Waals surface area contributed by atoms with E-state index in [0.29, 0.717) is 18.8 Å². The van der Waals surface area contributed by atoms with Gasteiger partial charge in [0.15, 0.2) is 0 Å². The van der Waals surface area contributed by atoms with Gasteiger partial charge in [-0.15, -0.1) is 0 Å². The van der Waals surface area contributed by atoms with Gasteiger partial charge in [0, 0.05) is 44.1 Å². The third-order valence-electron chi connectivity index (χ3n) is 4.41. The van der Waals surface area contributed by atoms with Crippen LogP contribution in [0.2, 0.25) is 5.02 Å². The summed E-state index contributed by atoms with van der Waals surface area (Å²) in [5.41, 5.74) is -0.274. The molecule has 1 aliphatic heterocycles. The van der Waals surface area contributed by atoms with Gasteiger partial charge in [-0.25, -0.2) is 0 Å². The molecule has 29 heavy (non-hydrogen) atoms. The number of nitro benzene ring substituents is 1. The Kier molecular flexibility index (Phi) is 7.74. The van der Waals surface area contributed by atoms with Crippen LogP contribution in [0.5, 0.6) is 0 Å². The number of piperazine rings is 1. The third-order valence-corrected chi connectivity index (χ3v) is 4.73. The van der Waals surface area contributed by atoms with Crippen molar-refractivity contribution < 1.29 is 9.72 Å². The van der Waals surface area contributed by atoms with Crippen LogP contribution in [0.15, 0.2) is 35.3 Å². The van der Waals surface area contributed by atoms with Crippen molar-refractivity contribution in [2.45, 2.75) is 13.8 Å². The van der Waals surface area contributed by atoms with Crippen LogP contribution in [-0.4, -0.2) is 53.9 Å². The number of H-pyrrole nitrogens is 1. The highest BCUT2D eigenvalue weighted by Gasteiger charge is 2.24. The molecule has 1 amide bonds. The molecule has 1 aromatic carbocycles. The highest BCUT2D eigenvalue weighted by molar-refractivity contribution is 6.34. The number of carbonyl (C=O) groups excluding carboxylic acids is 1. The molecule has 2 heterocycles. The number of aromatic amines is 1. The van der Waals surface area contributed by atoms with Gasteiger partial charge in [-0.3, -0.25) is 19.7 Å². The van der Waals surface area contributed by atoms with Crippen molar-refractivity contribution in [3.63, 3.8) is 0 Å². The van der Waals surface area contributed by atoms with Gasteiger partial charge >= 0.3 is 0 Å². The Hall–Kier alpha value is -2.91. The number of carbonyl (C=O) groups is 1. The number of rotatable bonds is 4. The number of amides is 1. The van der Waals surface area contributed by atoms with Gasteiger partial charge in [0.1, 0.15) is 11.3 Å². The van der Waals surface area contributed by atoms with E-state index in [1.54, 1.807) is 12.1 Å². The fourth-order valence-corrected chi connectivity index (χ4v) is 3.16. The average molecular weight is 422 g/mol. The summed E-state index contributed by atoms with van der Waals surface area (Å²) in [7, 11) is 2.00. The molecule has 156 valence electrons. The monoisotopic (exact) mass is 421 g/mol. The highest BCUT2D eigenvalue weighted by Crippen LogP contribution is 2.32. The number of nitrogens with one attached hydrogen (secondary N) is 2. The lowest BCUT2D eigenvalue weighted by molar-refractivity contribution is -0.384. The normalized spacial score (nSPS) is 14.0. The lowest BCUT2D eigenvalue weighted by Crippen LogP contribution is -2.44. The van der Waals surface area contributed by atoms with Crippen molar-refractivity contribution in [3.05, 3.63) is 61.5 Å². The Balaban J connectivity index is 0.00000145. The van der Waals surface area contributed by atoms with Gasteiger partial charge in [0.25, 0.3) is 17.2 Å². The quantitative estimate of drug-likeness (QED) is 0.579. The summed E-state index contributed by atoms with van der Waals surface area (Å²) < 4.78 is 0. The first-order valence-corrected chi connectivity index (χ1v) is 9.65. The molecule has 0 aliphatic carbocycles. The first-order valence-electron chi connectivity index (χ1n) is 9.27. The van der Waals surface area contributed by atoms with Crippen molar-refractivity contribution in [1.29, 1.82) is 0 Å². The van der Waals surface area contributed by atoms with Crippen LogP contribution < -0.4 is 15.8 Å². The van der Waals surface area contributed by atoms with Crippen LogP contribution in [0.3, 0.4) is 0 Å². The molecule has 10 heteroatoms. The topological polar surface area (TPSA) is 112 Å². The predicted octanol–water partition coefficient (Wildman–Crippen LogP) is 2.97. The molecule has 9 nitrogen and oxygen atoms in total. The van der Waals surface area contributed by atoms with Crippen molar-refractivity contribution in [2.75, 3.05) is 43.4 Å². The second-order valence-electron chi connectivity index (χ2n) is 6.23. The van der Waals surface area contributed by atoms with Gasteiger partial charge < -0.3 is 20.1 Å². The van der Waals surface area contributed by atoms with E-state index >= 15 is 0 Å². The van der Waals surface area contributed by atoms with E-state index in [-0.39, 0.29) is 22.0 Å². The minimum atomic E-state index is -0.733. The summed E-state index contributed by atoms with van der Waals surface area (Å²) in [5.74, 6) is -0.733. The first kappa shape index (κ1) is 22.4. The van der Waals surface area contributed by atoms with Crippen LogP contribution in [-0.2, 0) is 0 Å².